The lowest BCUT2D eigenvalue weighted by Gasteiger charge is -2.09. The highest BCUT2D eigenvalue weighted by Gasteiger charge is 2.15. The van der Waals surface area contributed by atoms with Crippen LogP contribution in [0.2, 0.25) is 0 Å². The molecule has 0 aliphatic carbocycles. The molecule has 0 saturated carbocycles. The van der Waals surface area contributed by atoms with Gasteiger partial charge in [-0.1, -0.05) is 30.3 Å². The van der Waals surface area contributed by atoms with Gasteiger partial charge >= 0.3 is 5.97 Å². The summed E-state index contributed by atoms with van der Waals surface area (Å²) in [5, 5.41) is 14.1. The molecule has 1 aromatic carbocycles. The molecule has 0 aliphatic rings. The Balaban J connectivity index is 2.30. The second kappa shape index (κ2) is 7.39. The second-order valence-electron chi connectivity index (χ2n) is 3.82. The number of esters is 1. The van der Waals surface area contributed by atoms with E-state index in [9.17, 15) is 10.0 Å². The maximum atomic E-state index is 11.5. The third-order valence-corrected chi connectivity index (χ3v) is 2.27. The Bertz CT molecular complexity index is 402. The molecule has 6 nitrogen and oxygen atoms in total. The Labute approximate surface area is 106 Å². The fourth-order valence-corrected chi connectivity index (χ4v) is 1.29. The zero-order valence-electron chi connectivity index (χ0n) is 10.3. The Morgan fingerprint density at radius 1 is 1.50 bits per heavy atom. The van der Waals surface area contributed by atoms with Gasteiger partial charge in [0.1, 0.15) is 19.2 Å². The third kappa shape index (κ3) is 5.40. The lowest BCUT2D eigenvalue weighted by Crippen LogP contribution is -2.33. The third-order valence-electron chi connectivity index (χ3n) is 2.27. The Morgan fingerprint density at radius 2 is 2.17 bits per heavy atom. The van der Waals surface area contributed by atoms with E-state index in [1.54, 1.807) is 0 Å². The number of azo groups is 1. The van der Waals surface area contributed by atoms with Gasteiger partial charge in [-0.15, -0.1) is 4.86 Å². The highest BCUT2D eigenvalue weighted by atomic mass is 16.5. The van der Waals surface area contributed by atoms with Crippen molar-refractivity contribution >= 4 is 5.97 Å². The summed E-state index contributed by atoms with van der Waals surface area (Å²) < 4.78 is 5.05. The molecular formula is C12H17N3O3. The van der Waals surface area contributed by atoms with Crippen molar-refractivity contribution in [3.05, 3.63) is 41.1 Å². The maximum Gasteiger partial charge on any atom is 0.323 e. The van der Waals surface area contributed by atoms with Crippen LogP contribution in [-0.4, -0.2) is 30.5 Å². The summed E-state index contributed by atoms with van der Waals surface area (Å²) in [6.45, 7) is 0.410. The fourth-order valence-electron chi connectivity index (χ4n) is 1.29. The summed E-state index contributed by atoms with van der Waals surface area (Å²) in [7, 11) is 1.28. The molecule has 1 unspecified atom stereocenters. The smallest absolute Gasteiger partial charge is 0.323 e. The van der Waals surface area contributed by atoms with Crippen LogP contribution in [-0.2, 0) is 16.1 Å². The molecule has 0 saturated heterocycles. The number of carbonyl (C=O) groups excluding carboxylic acids is 1. The van der Waals surface area contributed by atoms with Gasteiger partial charge in [0.25, 0.3) is 0 Å². The summed E-state index contributed by atoms with van der Waals surface area (Å²) in [4.78, 5) is 12.0. The first-order valence-corrected chi connectivity index (χ1v) is 5.64. The van der Waals surface area contributed by atoms with E-state index in [1.807, 2.05) is 30.3 Å². The van der Waals surface area contributed by atoms with Crippen molar-refractivity contribution in [2.24, 2.45) is 10.8 Å². The topological polar surface area (TPSA) is 90.8 Å². The molecule has 98 valence electrons. The minimum absolute atomic E-state index is 0.200. The Morgan fingerprint density at radius 3 is 2.78 bits per heavy atom. The molecule has 1 rings (SSSR count). The molecule has 1 aromatic rings. The number of nitrogens with zero attached hydrogens (tertiary/aromatic N) is 2. The number of nitrogens with two attached hydrogens (primary N) is 1. The number of ether oxygens (including phenoxy) is 1. The van der Waals surface area contributed by atoms with E-state index in [0.29, 0.717) is 11.3 Å². The van der Waals surface area contributed by atoms with Crippen molar-refractivity contribution in [3.63, 3.8) is 0 Å². The van der Waals surface area contributed by atoms with Crippen LogP contribution in [0.15, 0.2) is 35.4 Å². The van der Waals surface area contributed by atoms with Gasteiger partial charge in [-0.25, -0.2) is 0 Å². The first kappa shape index (κ1) is 14.1. The van der Waals surface area contributed by atoms with Crippen LogP contribution >= 0.6 is 0 Å². The summed E-state index contributed by atoms with van der Waals surface area (Å²) >= 11 is 0. The maximum absolute atomic E-state index is 11.5. The van der Waals surface area contributed by atoms with E-state index in [4.69, 9.17) is 10.5 Å². The Kier molecular flexibility index (Phi) is 5.79. The molecule has 0 aliphatic heterocycles. The van der Waals surface area contributed by atoms with Crippen LogP contribution in [0.1, 0.15) is 12.0 Å². The van der Waals surface area contributed by atoms with Gasteiger partial charge in [-0.3, -0.25) is 4.79 Å². The average Bonchev–Trinajstić information content (AvgIpc) is 2.36. The first-order valence-electron chi connectivity index (χ1n) is 5.64. The van der Waals surface area contributed by atoms with Crippen LogP contribution in [0.5, 0.6) is 0 Å². The van der Waals surface area contributed by atoms with Crippen LogP contribution in [0.3, 0.4) is 0 Å². The zero-order chi connectivity index (χ0) is 13.4. The van der Waals surface area contributed by atoms with Crippen molar-refractivity contribution in [1.82, 2.24) is 0 Å². The summed E-state index contributed by atoms with van der Waals surface area (Å²) in [6.07, 6.45) is 0.292. The zero-order valence-corrected chi connectivity index (χ0v) is 10.3. The van der Waals surface area contributed by atoms with Gasteiger partial charge in [0, 0.05) is 0 Å². The monoisotopic (exact) mass is 251 g/mol. The van der Waals surface area contributed by atoms with E-state index in [0.717, 1.165) is 5.56 Å². The van der Waals surface area contributed by atoms with Gasteiger partial charge in [-0.2, -0.15) is 0 Å². The Hall–Kier alpha value is -1.95. The average molecular weight is 251 g/mol. The van der Waals surface area contributed by atoms with Crippen molar-refractivity contribution < 1.29 is 14.4 Å². The molecule has 0 radical (unpaired) electrons. The minimum atomic E-state index is -0.752. The number of benzene rings is 1. The standard InChI is InChI=1S/C12H17N3O3/c1-15(17)14-8-7-11(13)12(16)18-9-10-5-3-2-4-6-10/h2-6,11H,7-9,13H2,1H3. The lowest BCUT2D eigenvalue weighted by atomic mass is 10.2. The second-order valence-corrected chi connectivity index (χ2v) is 3.82. The molecule has 0 fully saturated rings. The van der Waals surface area contributed by atoms with Gasteiger partial charge in [-0.05, 0) is 17.1 Å². The van der Waals surface area contributed by atoms with E-state index < -0.39 is 12.0 Å². The predicted octanol–water partition coefficient (Wildman–Crippen LogP) is 1.04. The van der Waals surface area contributed by atoms with Gasteiger partial charge < -0.3 is 15.7 Å². The number of hydrogen-bond acceptors (Lipinski definition) is 5. The van der Waals surface area contributed by atoms with Crippen LogP contribution in [0.4, 0.5) is 0 Å². The van der Waals surface area contributed by atoms with Crippen LogP contribution in [0.25, 0.3) is 0 Å². The van der Waals surface area contributed by atoms with Crippen molar-refractivity contribution in [3.8, 4) is 0 Å². The molecule has 18 heavy (non-hydrogen) atoms. The minimum Gasteiger partial charge on any atom is -0.600 e. The molecule has 0 amide bonds. The molecule has 2 N–H and O–H groups in total. The van der Waals surface area contributed by atoms with E-state index >= 15 is 0 Å². The quantitative estimate of drug-likeness (QED) is 0.354. The lowest BCUT2D eigenvalue weighted by molar-refractivity contribution is -0.499. The molecule has 1 atom stereocenters. The number of carbonyl (C=O) groups is 1. The molecule has 0 bridgehead atoms. The molecule has 6 heteroatoms. The largest absolute Gasteiger partial charge is 0.600 e. The first-order chi connectivity index (χ1) is 8.59. The fraction of sp³-hybridized carbons (Fsp3) is 0.417. The van der Waals surface area contributed by atoms with E-state index in [1.165, 1.54) is 7.05 Å². The summed E-state index contributed by atoms with van der Waals surface area (Å²) in [6, 6.07) is 8.59. The van der Waals surface area contributed by atoms with E-state index in [2.05, 4.69) is 5.11 Å². The highest BCUT2D eigenvalue weighted by molar-refractivity contribution is 5.75. The SMILES string of the molecule is C[N+]([O-])=NCCC(N)C(=O)OCc1ccccc1. The highest BCUT2D eigenvalue weighted by Crippen LogP contribution is 2.02. The van der Waals surface area contributed by atoms with E-state index in [-0.39, 0.29) is 13.2 Å². The molecule has 0 spiro atoms. The van der Waals surface area contributed by atoms with Crippen molar-refractivity contribution in [1.29, 1.82) is 0 Å². The van der Waals surface area contributed by atoms with Gasteiger partial charge in [0.05, 0.1) is 0 Å². The van der Waals surface area contributed by atoms with Gasteiger partial charge in [0.2, 0.25) is 0 Å². The van der Waals surface area contributed by atoms with Crippen molar-refractivity contribution in [2.45, 2.75) is 19.1 Å². The molecule has 0 heterocycles. The van der Waals surface area contributed by atoms with Crippen molar-refractivity contribution in [2.75, 3.05) is 13.6 Å². The van der Waals surface area contributed by atoms with Crippen LogP contribution in [0, 0.1) is 5.21 Å². The molecule has 0 aromatic heterocycles. The van der Waals surface area contributed by atoms with Crippen LogP contribution < -0.4 is 5.73 Å². The normalized spacial score (nSPS) is 13.1. The number of hydroxylamine groups is 1. The van der Waals surface area contributed by atoms with Gasteiger partial charge in [0.15, 0.2) is 7.05 Å². The summed E-state index contributed by atoms with van der Waals surface area (Å²) in [5.41, 5.74) is 6.52. The number of rotatable bonds is 6. The summed E-state index contributed by atoms with van der Waals surface area (Å²) in [5.74, 6) is -0.484. The number of hydrogen-bond donors (Lipinski definition) is 1. The predicted molar refractivity (Wildman–Crippen MR) is 65.7 cm³/mol. The molecular weight excluding hydrogens is 234 g/mol.